The average Bonchev–Trinajstić information content (AvgIpc) is 2.92. The zero-order valence-corrected chi connectivity index (χ0v) is 13.9. The fraction of sp³-hybridized carbons (Fsp3) is 0.438. The standard InChI is InChI=1S/C16H23N5O2/c1-11-7-5-6-8-14(11)23-9-12(2)18-16(22)19-13(3)15-20-17-10-21(15)4/h5-8,10,12-13H,9H2,1-4H3,(H2,18,19,22)/t12-,13-/m1/s1. The van der Waals surface area contributed by atoms with Crippen LogP contribution >= 0.6 is 0 Å². The molecule has 0 aliphatic rings. The number of nitrogens with zero attached hydrogens (tertiary/aromatic N) is 3. The molecule has 23 heavy (non-hydrogen) atoms. The maximum atomic E-state index is 12.0. The van der Waals surface area contributed by atoms with Gasteiger partial charge in [-0.1, -0.05) is 18.2 Å². The van der Waals surface area contributed by atoms with E-state index in [2.05, 4.69) is 20.8 Å². The Morgan fingerprint density at radius 3 is 2.70 bits per heavy atom. The summed E-state index contributed by atoms with van der Waals surface area (Å²) in [6.45, 7) is 6.14. The van der Waals surface area contributed by atoms with Gasteiger partial charge in [0.05, 0.1) is 12.1 Å². The summed E-state index contributed by atoms with van der Waals surface area (Å²) >= 11 is 0. The molecule has 2 aromatic rings. The molecule has 0 unspecified atom stereocenters. The predicted octanol–water partition coefficient (Wildman–Crippen LogP) is 1.95. The van der Waals surface area contributed by atoms with Gasteiger partial charge in [-0.2, -0.15) is 0 Å². The van der Waals surface area contributed by atoms with Crippen molar-refractivity contribution < 1.29 is 9.53 Å². The number of amides is 2. The van der Waals surface area contributed by atoms with Crippen LogP contribution in [0.1, 0.15) is 31.3 Å². The monoisotopic (exact) mass is 317 g/mol. The Balaban J connectivity index is 1.78. The van der Waals surface area contributed by atoms with Crippen LogP contribution in [0.4, 0.5) is 4.79 Å². The molecule has 0 spiro atoms. The van der Waals surface area contributed by atoms with Crippen molar-refractivity contribution in [2.45, 2.75) is 32.9 Å². The smallest absolute Gasteiger partial charge is 0.315 e. The second-order valence-corrected chi connectivity index (χ2v) is 5.62. The molecule has 2 N–H and O–H groups in total. The van der Waals surface area contributed by atoms with Gasteiger partial charge in [0.15, 0.2) is 5.82 Å². The third-order valence-corrected chi connectivity index (χ3v) is 3.44. The number of urea groups is 1. The molecule has 0 saturated carbocycles. The summed E-state index contributed by atoms with van der Waals surface area (Å²) in [5.41, 5.74) is 1.07. The van der Waals surface area contributed by atoms with Gasteiger partial charge in [0.25, 0.3) is 0 Å². The molecule has 2 atom stereocenters. The van der Waals surface area contributed by atoms with E-state index in [4.69, 9.17) is 4.74 Å². The first-order chi connectivity index (χ1) is 11.0. The lowest BCUT2D eigenvalue weighted by Crippen LogP contribution is -2.44. The summed E-state index contributed by atoms with van der Waals surface area (Å²) in [4.78, 5) is 12.0. The summed E-state index contributed by atoms with van der Waals surface area (Å²) in [6.07, 6.45) is 1.60. The van der Waals surface area contributed by atoms with Crippen molar-refractivity contribution in [3.63, 3.8) is 0 Å². The normalized spacial score (nSPS) is 13.2. The van der Waals surface area contributed by atoms with Crippen molar-refractivity contribution >= 4 is 6.03 Å². The highest BCUT2D eigenvalue weighted by molar-refractivity contribution is 5.74. The number of carbonyl (C=O) groups is 1. The van der Waals surface area contributed by atoms with E-state index >= 15 is 0 Å². The van der Waals surface area contributed by atoms with Crippen LogP contribution in [0.25, 0.3) is 0 Å². The number of para-hydroxylation sites is 1. The highest BCUT2D eigenvalue weighted by Gasteiger charge is 2.15. The quantitative estimate of drug-likeness (QED) is 0.853. The van der Waals surface area contributed by atoms with Gasteiger partial charge in [-0.3, -0.25) is 0 Å². The molecular weight excluding hydrogens is 294 g/mol. The molecule has 0 fully saturated rings. The van der Waals surface area contributed by atoms with Gasteiger partial charge < -0.3 is 19.9 Å². The maximum absolute atomic E-state index is 12.0. The van der Waals surface area contributed by atoms with E-state index in [1.807, 2.05) is 52.1 Å². The maximum Gasteiger partial charge on any atom is 0.315 e. The van der Waals surface area contributed by atoms with Gasteiger partial charge in [0.2, 0.25) is 0 Å². The molecule has 2 rings (SSSR count). The summed E-state index contributed by atoms with van der Waals surface area (Å²) in [7, 11) is 1.84. The van der Waals surface area contributed by atoms with E-state index < -0.39 is 0 Å². The first-order valence-electron chi connectivity index (χ1n) is 7.56. The molecule has 0 bridgehead atoms. The lowest BCUT2D eigenvalue weighted by Gasteiger charge is -2.18. The van der Waals surface area contributed by atoms with E-state index in [1.54, 1.807) is 10.9 Å². The van der Waals surface area contributed by atoms with Crippen LogP contribution in [0.2, 0.25) is 0 Å². The second-order valence-electron chi connectivity index (χ2n) is 5.62. The fourth-order valence-electron chi connectivity index (χ4n) is 2.19. The Morgan fingerprint density at radius 2 is 2.04 bits per heavy atom. The Hall–Kier alpha value is -2.57. The first kappa shape index (κ1) is 16.8. The molecule has 0 saturated heterocycles. The van der Waals surface area contributed by atoms with Crippen LogP contribution in [-0.4, -0.2) is 33.4 Å². The molecule has 0 aliphatic heterocycles. The minimum Gasteiger partial charge on any atom is -0.491 e. The Morgan fingerprint density at radius 1 is 1.30 bits per heavy atom. The van der Waals surface area contributed by atoms with Gasteiger partial charge in [-0.15, -0.1) is 10.2 Å². The number of hydrogen-bond acceptors (Lipinski definition) is 4. The van der Waals surface area contributed by atoms with Gasteiger partial charge in [0.1, 0.15) is 18.7 Å². The SMILES string of the molecule is Cc1ccccc1OC[C@@H](C)NC(=O)N[C@H](C)c1nncn1C. The zero-order chi connectivity index (χ0) is 16.8. The minimum atomic E-state index is -0.263. The largest absolute Gasteiger partial charge is 0.491 e. The van der Waals surface area contributed by atoms with Crippen LogP contribution in [0.3, 0.4) is 0 Å². The van der Waals surface area contributed by atoms with Gasteiger partial charge in [0, 0.05) is 7.05 Å². The molecule has 124 valence electrons. The Kier molecular flexibility index (Phi) is 5.56. The number of aromatic nitrogens is 3. The van der Waals surface area contributed by atoms with Gasteiger partial charge in [-0.25, -0.2) is 4.79 Å². The van der Waals surface area contributed by atoms with Crippen LogP contribution in [0, 0.1) is 6.92 Å². The fourth-order valence-corrected chi connectivity index (χ4v) is 2.19. The first-order valence-corrected chi connectivity index (χ1v) is 7.56. The highest BCUT2D eigenvalue weighted by atomic mass is 16.5. The van der Waals surface area contributed by atoms with E-state index in [0.717, 1.165) is 11.3 Å². The lowest BCUT2D eigenvalue weighted by molar-refractivity contribution is 0.223. The number of hydrogen-bond donors (Lipinski definition) is 2. The van der Waals surface area contributed by atoms with Crippen LogP contribution in [-0.2, 0) is 7.05 Å². The number of carbonyl (C=O) groups excluding carboxylic acids is 1. The van der Waals surface area contributed by atoms with Crippen molar-refractivity contribution in [2.24, 2.45) is 7.05 Å². The van der Waals surface area contributed by atoms with E-state index in [1.165, 1.54) is 0 Å². The summed E-state index contributed by atoms with van der Waals surface area (Å²) < 4.78 is 7.50. The highest BCUT2D eigenvalue weighted by Crippen LogP contribution is 2.16. The van der Waals surface area contributed by atoms with E-state index in [-0.39, 0.29) is 18.1 Å². The summed E-state index contributed by atoms with van der Waals surface area (Å²) in [5.74, 6) is 1.53. The average molecular weight is 317 g/mol. The van der Waals surface area contributed by atoms with Crippen molar-refractivity contribution in [3.05, 3.63) is 42.0 Å². The number of aryl methyl sites for hydroxylation is 2. The van der Waals surface area contributed by atoms with Crippen molar-refractivity contribution in [1.82, 2.24) is 25.4 Å². The molecule has 1 aromatic carbocycles. The molecular formula is C16H23N5O2. The van der Waals surface area contributed by atoms with Crippen molar-refractivity contribution in [2.75, 3.05) is 6.61 Å². The molecule has 1 aromatic heterocycles. The number of benzene rings is 1. The van der Waals surface area contributed by atoms with E-state index in [9.17, 15) is 4.79 Å². The predicted molar refractivity (Wildman–Crippen MR) is 87.2 cm³/mol. The van der Waals surface area contributed by atoms with Gasteiger partial charge in [-0.05, 0) is 32.4 Å². The summed E-state index contributed by atoms with van der Waals surface area (Å²) in [5, 5.41) is 13.5. The number of ether oxygens (including phenoxy) is 1. The zero-order valence-electron chi connectivity index (χ0n) is 13.9. The third kappa shape index (κ3) is 4.70. The molecule has 0 radical (unpaired) electrons. The topological polar surface area (TPSA) is 81.1 Å². The van der Waals surface area contributed by atoms with Crippen LogP contribution in [0.5, 0.6) is 5.75 Å². The summed E-state index contributed by atoms with van der Waals surface area (Å²) in [6, 6.07) is 7.18. The van der Waals surface area contributed by atoms with Crippen LogP contribution in [0.15, 0.2) is 30.6 Å². The van der Waals surface area contributed by atoms with Crippen LogP contribution < -0.4 is 15.4 Å². The van der Waals surface area contributed by atoms with Crippen molar-refractivity contribution in [3.8, 4) is 5.75 Å². The second kappa shape index (κ2) is 7.62. The lowest BCUT2D eigenvalue weighted by atomic mass is 10.2. The Bertz CT molecular complexity index is 655. The molecule has 7 heteroatoms. The number of nitrogens with one attached hydrogen (secondary N) is 2. The third-order valence-electron chi connectivity index (χ3n) is 3.44. The molecule has 1 heterocycles. The van der Waals surface area contributed by atoms with Crippen molar-refractivity contribution in [1.29, 1.82) is 0 Å². The minimum absolute atomic E-state index is 0.124. The number of rotatable bonds is 6. The van der Waals surface area contributed by atoms with Gasteiger partial charge >= 0.3 is 6.03 Å². The van der Waals surface area contributed by atoms with E-state index in [0.29, 0.717) is 12.4 Å². The molecule has 2 amide bonds. The Labute approximate surface area is 136 Å². The molecule has 0 aliphatic carbocycles. The molecule has 7 nitrogen and oxygen atoms in total.